The Balaban J connectivity index is 2.94. The summed E-state index contributed by atoms with van der Waals surface area (Å²) in [4.78, 5) is 12.2. The predicted octanol–water partition coefficient (Wildman–Crippen LogP) is 2.85. The molecule has 0 aliphatic carbocycles. The van der Waals surface area contributed by atoms with Crippen LogP contribution in [-0.4, -0.2) is 24.6 Å². The van der Waals surface area contributed by atoms with E-state index >= 15 is 0 Å². The van der Waals surface area contributed by atoms with Gasteiger partial charge < -0.3 is 10.6 Å². The smallest absolute Gasteiger partial charge is 0.295 e. The largest absolute Gasteiger partial charge is 0.369 e. The van der Waals surface area contributed by atoms with Crippen LogP contribution in [0.1, 0.15) is 25.8 Å². The van der Waals surface area contributed by atoms with Gasteiger partial charge in [-0.15, -0.1) is 0 Å². The van der Waals surface area contributed by atoms with Crippen LogP contribution in [-0.2, 0) is 0 Å². The van der Waals surface area contributed by atoms with Crippen molar-refractivity contribution in [3.63, 3.8) is 0 Å². The van der Waals surface area contributed by atoms with Crippen LogP contribution in [0.15, 0.2) is 12.1 Å². The summed E-state index contributed by atoms with van der Waals surface area (Å²) in [5, 5.41) is 11.0. The van der Waals surface area contributed by atoms with Gasteiger partial charge in [-0.05, 0) is 30.9 Å². The second-order valence-corrected chi connectivity index (χ2v) is 5.47. The summed E-state index contributed by atoms with van der Waals surface area (Å²) in [6.45, 7) is 6.26. The Labute approximate surface area is 118 Å². The molecule has 20 heavy (non-hydrogen) atoms. The number of nitrogens with zero attached hydrogens (tertiary/aromatic N) is 2. The number of hydrogen-bond acceptors (Lipinski definition) is 4. The summed E-state index contributed by atoms with van der Waals surface area (Å²) in [5.74, 6) is -0.207. The van der Waals surface area contributed by atoms with Crippen LogP contribution in [0, 0.1) is 28.8 Å². The minimum atomic E-state index is -0.562. The molecular formula is C14H22FN3O2. The van der Waals surface area contributed by atoms with E-state index in [1.54, 1.807) is 18.9 Å². The van der Waals surface area contributed by atoms with Gasteiger partial charge in [-0.1, -0.05) is 13.8 Å². The molecule has 0 aliphatic rings. The van der Waals surface area contributed by atoms with Gasteiger partial charge in [0.05, 0.1) is 11.0 Å². The molecule has 5 nitrogen and oxygen atoms in total. The third kappa shape index (κ3) is 3.90. The monoisotopic (exact) mass is 283 g/mol. The van der Waals surface area contributed by atoms with Crippen molar-refractivity contribution in [3.8, 4) is 0 Å². The second kappa shape index (κ2) is 6.65. The van der Waals surface area contributed by atoms with Crippen molar-refractivity contribution < 1.29 is 9.31 Å². The van der Waals surface area contributed by atoms with Gasteiger partial charge in [0.2, 0.25) is 0 Å². The summed E-state index contributed by atoms with van der Waals surface area (Å²) in [6.07, 6.45) is 0.724. The highest BCUT2D eigenvalue weighted by Gasteiger charge is 2.20. The van der Waals surface area contributed by atoms with Crippen molar-refractivity contribution in [2.75, 3.05) is 18.5 Å². The minimum Gasteiger partial charge on any atom is -0.369 e. The summed E-state index contributed by atoms with van der Waals surface area (Å²) in [7, 11) is 1.76. The van der Waals surface area contributed by atoms with Crippen molar-refractivity contribution >= 4 is 11.4 Å². The topological polar surface area (TPSA) is 72.4 Å². The van der Waals surface area contributed by atoms with Gasteiger partial charge >= 0.3 is 0 Å². The molecule has 1 rings (SSSR count). The summed E-state index contributed by atoms with van der Waals surface area (Å²) in [5.41, 5.74) is 6.58. The van der Waals surface area contributed by atoms with Gasteiger partial charge in [0.15, 0.2) is 0 Å². The first-order valence-corrected chi connectivity index (χ1v) is 6.65. The molecular weight excluding hydrogens is 261 g/mol. The van der Waals surface area contributed by atoms with Gasteiger partial charge in [-0.2, -0.15) is 0 Å². The fourth-order valence-corrected chi connectivity index (χ4v) is 1.90. The third-order valence-corrected chi connectivity index (χ3v) is 3.52. The predicted molar refractivity (Wildman–Crippen MR) is 78.5 cm³/mol. The maximum Gasteiger partial charge on any atom is 0.295 e. The Kier molecular flexibility index (Phi) is 5.44. The SMILES string of the molecule is Cc1cc(N(C)CCC(N)C(C)C)c([N+](=O)[O-])cc1F. The van der Waals surface area contributed by atoms with E-state index in [0.29, 0.717) is 23.7 Å². The number of benzene rings is 1. The normalized spacial score (nSPS) is 12.6. The average molecular weight is 283 g/mol. The van der Waals surface area contributed by atoms with E-state index in [9.17, 15) is 14.5 Å². The molecule has 1 aromatic rings. The molecule has 1 aromatic carbocycles. The lowest BCUT2D eigenvalue weighted by Gasteiger charge is -2.23. The molecule has 0 saturated carbocycles. The van der Waals surface area contributed by atoms with Crippen LogP contribution in [0.25, 0.3) is 0 Å². The molecule has 1 atom stereocenters. The highest BCUT2D eigenvalue weighted by molar-refractivity contribution is 5.64. The lowest BCUT2D eigenvalue weighted by molar-refractivity contribution is -0.384. The van der Waals surface area contributed by atoms with Crippen LogP contribution < -0.4 is 10.6 Å². The summed E-state index contributed by atoms with van der Waals surface area (Å²) < 4.78 is 13.5. The maximum absolute atomic E-state index is 13.5. The van der Waals surface area contributed by atoms with E-state index in [0.717, 1.165) is 12.5 Å². The average Bonchev–Trinajstić information content (AvgIpc) is 2.37. The molecule has 0 aromatic heterocycles. The van der Waals surface area contributed by atoms with E-state index in [1.807, 2.05) is 13.8 Å². The van der Waals surface area contributed by atoms with Crippen LogP contribution in [0.5, 0.6) is 0 Å². The van der Waals surface area contributed by atoms with Crippen molar-refractivity contribution in [3.05, 3.63) is 33.6 Å². The molecule has 1 unspecified atom stereocenters. The number of aryl methyl sites for hydroxylation is 1. The first kappa shape index (κ1) is 16.4. The minimum absolute atomic E-state index is 0.0399. The molecule has 0 heterocycles. The van der Waals surface area contributed by atoms with Gasteiger partial charge in [0.1, 0.15) is 11.5 Å². The maximum atomic E-state index is 13.5. The van der Waals surface area contributed by atoms with Crippen LogP contribution >= 0.6 is 0 Å². The number of nitro benzene ring substituents is 1. The first-order chi connectivity index (χ1) is 9.23. The van der Waals surface area contributed by atoms with E-state index in [-0.39, 0.29) is 11.7 Å². The van der Waals surface area contributed by atoms with Crippen LogP contribution in [0.4, 0.5) is 15.8 Å². The molecule has 112 valence electrons. The quantitative estimate of drug-likeness (QED) is 0.643. The van der Waals surface area contributed by atoms with Crippen molar-refractivity contribution in [1.82, 2.24) is 0 Å². The third-order valence-electron chi connectivity index (χ3n) is 3.52. The van der Waals surface area contributed by atoms with Crippen molar-refractivity contribution in [2.24, 2.45) is 11.7 Å². The molecule has 2 N–H and O–H groups in total. The number of hydrogen-bond donors (Lipinski definition) is 1. The standard InChI is InChI=1S/C14H22FN3O2/c1-9(2)12(16)5-6-17(4)13-7-10(3)11(15)8-14(13)18(19)20/h7-9,12H,5-6,16H2,1-4H3. The number of halogens is 1. The van der Waals surface area contributed by atoms with Crippen LogP contribution in [0.2, 0.25) is 0 Å². The molecule has 0 bridgehead atoms. The number of nitro groups is 1. The summed E-state index contributed by atoms with van der Waals surface area (Å²) >= 11 is 0. The van der Waals surface area contributed by atoms with E-state index in [4.69, 9.17) is 5.73 Å². The molecule has 6 heteroatoms. The lowest BCUT2D eigenvalue weighted by Crippen LogP contribution is -2.32. The van der Waals surface area contributed by atoms with E-state index < -0.39 is 10.7 Å². The zero-order valence-corrected chi connectivity index (χ0v) is 12.4. The van der Waals surface area contributed by atoms with Gasteiger partial charge in [0.25, 0.3) is 5.69 Å². The van der Waals surface area contributed by atoms with Crippen molar-refractivity contribution in [2.45, 2.75) is 33.2 Å². The number of nitrogens with two attached hydrogens (primary N) is 1. The Morgan fingerprint density at radius 2 is 2.05 bits per heavy atom. The van der Waals surface area contributed by atoms with Gasteiger partial charge in [-0.3, -0.25) is 10.1 Å². The second-order valence-electron chi connectivity index (χ2n) is 5.47. The van der Waals surface area contributed by atoms with Crippen LogP contribution in [0.3, 0.4) is 0 Å². The summed E-state index contributed by atoms with van der Waals surface area (Å²) in [6, 6.07) is 2.52. The Hall–Kier alpha value is -1.69. The zero-order valence-electron chi connectivity index (χ0n) is 12.4. The lowest BCUT2D eigenvalue weighted by atomic mass is 10.0. The number of anilines is 1. The fraction of sp³-hybridized carbons (Fsp3) is 0.571. The molecule has 0 fully saturated rings. The van der Waals surface area contributed by atoms with E-state index in [1.165, 1.54) is 6.07 Å². The Morgan fingerprint density at radius 1 is 1.45 bits per heavy atom. The van der Waals surface area contributed by atoms with Gasteiger partial charge in [-0.25, -0.2) is 4.39 Å². The zero-order chi connectivity index (χ0) is 15.4. The first-order valence-electron chi connectivity index (χ1n) is 6.65. The molecule has 0 amide bonds. The van der Waals surface area contributed by atoms with Gasteiger partial charge in [0, 0.05) is 19.6 Å². The highest BCUT2D eigenvalue weighted by atomic mass is 19.1. The molecule has 0 spiro atoms. The number of rotatable bonds is 6. The Morgan fingerprint density at radius 3 is 2.55 bits per heavy atom. The molecule has 0 radical (unpaired) electrons. The molecule has 0 aliphatic heterocycles. The van der Waals surface area contributed by atoms with E-state index in [2.05, 4.69) is 0 Å². The molecule has 0 saturated heterocycles. The Bertz CT molecular complexity index is 492. The highest BCUT2D eigenvalue weighted by Crippen LogP contribution is 2.30. The fourth-order valence-electron chi connectivity index (χ4n) is 1.90. The van der Waals surface area contributed by atoms with Crippen molar-refractivity contribution in [1.29, 1.82) is 0 Å².